The van der Waals surface area contributed by atoms with E-state index in [1.54, 1.807) is 0 Å². The third-order valence-electron chi connectivity index (χ3n) is 0. The van der Waals surface area contributed by atoms with Crippen LogP contribution in [0.2, 0.25) is 0 Å². The van der Waals surface area contributed by atoms with Crippen molar-refractivity contribution < 1.29 is 27.3 Å². The summed E-state index contributed by atoms with van der Waals surface area (Å²) < 4.78 is 0. The fourth-order valence-corrected chi connectivity index (χ4v) is 0. The van der Waals surface area contributed by atoms with Crippen molar-refractivity contribution in [1.29, 1.82) is 0 Å². The van der Waals surface area contributed by atoms with E-state index in [1.807, 2.05) is 0 Å². The molecule has 0 rings (SSSR count). The van der Waals surface area contributed by atoms with E-state index in [2.05, 4.69) is 0 Å². The van der Waals surface area contributed by atoms with Crippen LogP contribution in [0.25, 0.3) is 0 Å². The molecule has 0 aromatic rings. The maximum Gasteiger partial charge on any atom is 2.00 e. The molecule has 0 fully saturated rings. The average molecular weight is 157 g/mol. The second kappa shape index (κ2) is 75.4. The van der Waals surface area contributed by atoms with Crippen LogP contribution in [0.3, 0.4) is 0 Å². The summed E-state index contributed by atoms with van der Waals surface area (Å²) in [4.78, 5) is 0. The second-order valence-electron chi connectivity index (χ2n) is 0. The van der Waals surface area contributed by atoms with Crippen LogP contribution in [0, 0.1) is 0 Å². The molecule has 0 bridgehead atoms. The summed E-state index contributed by atoms with van der Waals surface area (Å²) in [5, 5.41) is 16.5. The topological polar surface area (TPSA) is 46.1 Å². The van der Waals surface area contributed by atoms with Crippen LogP contribution in [0.1, 0.15) is 0 Å². The van der Waals surface area contributed by atoms with Crippen molar-refractivity contribution >= 4 is 37.7 Å². The molecule has 1 radical (unpaired) electrons. The SMILES string of the molecule is C[O-].C[O-].[Ca+2].[Mn+2]. The molecule has 0 atom stereocenters. The van der Waals surface area contributed by atoms with Gasteiger partial charge in [0.25, 0.3) is 0 Å². The Kier molecular flexibility index (Phi) is 317. The van der Waals surface area contributed by atoms with Gasteiger partial charge in [0.05, 0.1) is 0 Å². The molecule has 0 N–H and O–H groups in total. The molecular weight excluding hydrogens is 151 g/mol. The summed E-state index contributed by atoms with van der Waals surface area (Å²) in [6.45, 7) is 0. The minimum absolute atomic E-state index is 0. The third kappa shape index (κ3) is 43.6. The molecular formula is C2H6CaMnO2+2. The smallest absolute Gasteiger partial charge is 0.857 e. The summed E-state index contributed by atoms with van der Waals surface area (Å²) in [5.41, 5.74) is 0. The predicted octanol–water partition coefficient (Wildman–Crippen LogP) is -2.43. The Hall–Kier alpha value is 1.70. The summed E-state index contributed by atoms with van der Waals surface area (Å²) in [6.07, 6.45) is 0. The molecule has 0 aliphatic carbocycles. The molecule has 0 heterocycles. The molecule has 0 aliphatic rings. The van der Waals surface area contributed by atoms with E-state index < -0.39 is 0 Å². The van der Waals surface area contributed by atoms with Gasteiger partial charge in [-0.2, -0.15) is 14.2 Å². The summed E-state index contributed by atoms with van der Waals surface area (Å²) in [7, 11) is 1.50. The van der Waals surface area contributed by atoms with E-state index in [4.69, 9.17) is 10.2 Å². The molecule has 0 unspecified atom stereocenters. The summed E-state index contributed by atoms with van der Waals surface area (Å²) in [6, 6.07) is 0. The Morgan fingerprint density at radius 2 is 0.833 bits per heavy atom. The van der Waals surface area contributed by atoms with Crippen molar-refractivity contribution in [1.82, 2.24) is 0 Å². The zero-order chi connectivity index (χ0) is 4.00. The first-order valence-electron chi connectivity index (χ1n) is 0.816. The minimum Gasteiger partial charge on any atom is -0.857 e. The van der Waals surface area contributed by atoms with Gasteiger partial charge in [-0.05, 0) is 0 Å². The zero-order valence-electron chi connectivity index (χ0n) is 3.90. The molecule has 0 spiro atoms. The van der Waals surface area contributed by atoms with Gasteiger partial charge >= 0.3 is 54.8 Å². The first-order chi connectivity index (χ1) is 2.00. The van der Waals surface area contributed by atoms with E-state index in [9.17, 15) is 0 Å². The van der Waals surface area contributed by atoms with E-state index in [1.165, 1.54) is 0 Å². The molecule has 2 nitrogen and oxygen atoms in total. The van der Waals surface area contributed by atoms with Crippen molar-refractivity contribution in [2.24, 2.45) is 0 Å². The van der Waals surface area contributed by atoms with E-state index in [0.29, 0.717) is 0 Å². The van der Waals surface area contributed by atoms with Gasteiger partial charge in [0, 0.05) is 0 Å². The van der Waals surface area contributed by atoms with Gasteiger partial charge in [-0.1, -0.05) is 0 Å². The van der Waals surface area contributed by atoms with Gasteiger partial charge in [0.1, 0.15) is 0 Å². The van der Waals surface area contributed by atoms with E-state index >= 15 is 0 Å². The van der Waals surface area contributed by atoms with Crippen molar-refractivity contribution in [2.75, 3.05) is 14.2 Å². The maximum atomic E-state index is 8.25. The van der Waals surface area contributed by atoms with Gasteiger partial charge in [0.15, 0.2) is 0 Å². The van der Waals surface area contributed by atoms with Gasteiger partial charge in [-0.25, -0.2) is 0 Å². The van der Waals surface area contributed by atoms with Crippen molar-refractivity contribution in [3.05, 3.63) is 0 Å². The average Bonchev–Trinajstić information content (AvgIpc) is 1.50. The van der Waals surface area contributed by atoms with Gasteiger partial charge < -0.3 is 10.2 Å². The summed E-state index contributed by atoms with van der Waals surface area (Å²) >= 11 is 0. The fraction of sp³-hybridized carbons (Fsp3) is 1.00. The monoisotopic (exact) mass is 157 g/mol. The molecule has 0 amide bonds. The van der Waals surface area contributed by atoms with Crippen LogP contribution in [-0.4, -0.2) is 52.0 Å². The van der Waals surface area contributed by atoms with Crippen LogP contribution in [-0.2, 0) is 17.1 Å². The van der Waals surface area contributed by atoms with Crippen molar-refractivity contribution in [2.45, 2.75) is 0 Å². The van der Waals surface area contributed by atoms with Crippen LogP contribution in [0.15, 0.2) is 0 Å². The van der Waals surface area contributed by atoms with Crippen LogP contribution >= 0.6 is 0 Å². The Morgan fingerprint density at radius 3 is 0.833 bits per heavy atom. The third-order valence-corrected chi connectivity index (χ3v) is 0. The van der Waals surface area contributed by atoms with Crippen molar-refractivity contribution in [3.8, 4) is 0 Å². The number of hydrogen-bond acceptors (Lipinski definition) is 2. The number of rotatable bonds is 0. The maximum absolute atomic E-state index is 8.25. The zero-order valence-corrected chi connectivity index (χ0v) is 7.29. The first-order valence-corrected chi connectivity index (χ1v) is 0.816. The second-order valence-corrected chi connectivity index (χ2v) is 0. The molecule has 0 aromatic carbocycles. The van der Waals surface area contributed by atoms with Crippen LogP contribution in [0.5, 0.6) is 0 Å². The quantitative estimate of drug-likeness (QED) is 0.367. The Morgan fingerprint density at radius 1 is 0.833 bits per heavy atom. The molecule has 33 valence electrons. The first kappa shape index (κ1) is 25.3. The molecule has 0 aromatic heterocycles. The molecule has 6 heavy (non-hydrogen) atoms. The fourth-order valence-electron chi connectivity index (χ4n) is 0. The largest absolute Gasteiger partial charge is 2.00 e. The van der Waals surface area contributed by atoms with Crippen LogP contribution in [0.4, 0.5) is 0 Å². The minimum atomic E-state index is 0. The normalized spacial score (nSPS) is 2.00. The molecule has 0 saturated heterocycles. The van der Waals surface area contributed by atoms with Crippen LogP contribution < -0.4 is 10.2 Å². The standard InChI is InChI=1S/2CH3O.Ca.Mn/c2*1-2;;/h2*1H3;;/q2*-1;2*+2. The Balaban J connectivity index is -0.00000000500. The molecule has 0 saturated carbocycles. The molecule has 0 aliphatic heterocycles. The van der Waals surface area contributed by atoms with Gasteiger partial charge in [0.2, 0.25) is 0 Å². The Labute approximate surface area is 78.4 Å². The van der Waals surface area contributed by atoms with E-state index in [-0.39, 0.29) is 54.8 Å². The summed E-state index contributed by atoms with van der Waals surface area (Å²) in [5.74, 6) is 0. The van der Waals surface area contributed by atoms with Gasteiger partial charge in [-0.15, -0.1) is 0 Å². The van der Waals surface area contributed by atoms with E-state index in [0.717, 1.165) is 14.2 Å². The molecule has 4 heteroatoms. The number of hydrogen-bond donors (Lipinski definition) is 0. The van der Waals surface area contributed by atoms with Gasteiger partial charge in [-0.3, -0.25) is 0 Å². The Bertz CT molecular complexity index is 11.5. The van der Waals surface area contributed by atoms with Crippen molar-refractivity contribution in [3.63, 3.8) is 0 Å². The predicted molar refractivity (Wildman–Crippen MR) is 17.6 cm³/mol.